The van der Waals surface area contributed by atoms with Gasteiger partial charge in [0, 0.05) is 4.88 Å². The summed E-state index contributed by atoms with van der Waals surface area (Å²) in [6.07, 6.45) is 4.60. The summed E-state index contributed by atoms with van der Waals surface area (Å²) in [4.78, 5) is 23.2. The lowest BCUT2D eigenvalue weighted by molar-refractivity contribution is 0.718. The van der Waals surface area contributed by atoms with Gasteiger partial charge in [0.2, 0.25) is 10.9 Å². The first-order valence-electron chi connectivity index (χ1n) is 5.81. The van der Waals surface area contributed by atoms with Crippen LogP contribution in [-0.2, 0) is 6.42 Å². The molecule has 0 bridgehead atoms. The Morgan fingerprint density at radius 2 is 2.00 bits per heavy atom. The fraction of sp³-hybridized carbons (Fsp3) is 0.385. The van der Waals surface area contributed by atoms with E-state index in [1.165, 1.54) is 29.7 Å². The highest BCUT2D eigenvalue weighted by Crippen LogP contribution is 2.29. The van der Waals surface area contributed by atoms with Gasteiger partial charge in [-0.1, -0.05) is 19.8 Å². The van der Waals surface area contributed by atoms with E-state index in [4.69, 9.17) is 5.73 Å². The summed E-state index contributed by atoms with van der Waals surface area (Å²) in [5.74, 6) is 0. The van der Waals surface area contributed by atoms with Gasteiger partial charge in [-0.2, -0.15) is 0 Å². The van der Waals surface area contributed by atoms with Crippen LogP contribution in [0.25, 0.3) is 10.4 Å². The van der Waals surface area contributed by atoms with Crippen LogP contribution in [0.15, 0.2) is 21.0 Å². The van der Waals surface area contributed by atoms with Gasteiger partial charge in [-0.15, -0.1) is 11.3 Å². The molecule has 0 fully saturated rings. The van der Waals surface area contributed by atoms with Gasteiger partial charge in [0.25, 0.3) is 0 Å². The number of anilines is 1. The number of rotatable bonds is 5. The van der Waals surface area contributed by atoms with Crippen LogP contribution in [0.3, 0.4) is 0 Å². The van der Waals surface area contributed by atoms with Crippen molar-refractivity contribution in [2.24, 2.45) is 0 Å². The quantitative estimate of drug-likeness (QED) is 0.653. The predicted octanol–water partition coefficient (Wildman–Crippen LogP) is 2.33. The van der Waals surface area contributed by atoms with Crippen LogP contribution in [-0.4, -0.2) is 0 Å². The van der Waals surface area contributed by atoms with E-state index in [1.807, 2.05) is 11.4 Å². The zero-order valence-corrected chi connectivity index (χ0v) is 10.6. The molecule has 1 heterocycles. The highest BCUT2D eigenvalue weighted by molar-refractivity contribution is 7.13. The second kappa shape index (κ2) is 4.84. The van der Waals surface area contributed by atoms with Gasteiger partial charge in [-0.3, -0.25) is 9.59 Å². The van der Waals surface area contributed by atoms with Crippen molar-refractivity contribution in [1.29, 1.82) is 0 Å². The van der Waals surface area contributed by atoms with Crippen LogP contribution in [0.2, 0.25) is 0 Å². The zero-order chi connectivity index (χ0) is 12.4. The second-order valence-corrected chi connectivity index (χ2v) is 5.13. The maximum Gasteiger partial charge on any atom is 0.250 e. The molecule has 0 saturated heterocycles. The minimum atomic E-state index is -0.541. The molecule has 0 unspecified atom stereocenters. The lowest BCUT2D eigenvalue weighted by atomic mass is 10.0. The standard InChI is InChI=1S/C13H15NO2S/c1-2-3-4-5-8-6-9(17-7-8)10-11(14)13(16)12(10)15/h6-7H,2-5,14H2,1H3. The Labute approximate surface area is 104 Å². The van der Waals surface area contributed by atoms with Crippen molar-refractivity contribution in [2.75, 3.05) is 5.73 Å². The molecule has 2 aromatic rings. The van der Waals surface area contributed by atoms with E-state index in [0.29, 0.717) is 5.56 Å². The third-order valence-corrected chi connectivity index (χ3v) is 3.91. The maximum atomic E-state index is 11.4. The van der Waals surface area contributed by atoms with Gasteiger partial charge in [0.05, 0.1) is 11.3 Å². The Balaban J connectivity index is 2.14. The smallest absolute Gasteiger partial charge is 0.250 e. The normalized spacial score (nSPS) is 11.1. The Kier molecular flexibility index (Phi) is 3.43. The van der Waals surface area contributed by atoms with Crippen LogP contribution in [0, 0.1) is 0 Å². The largest absolute Gasteiger partial charge is 0.395 e. The van der Waals surface area contributed by atoms with E-state index < -0.39 is 10.9 Å². The lowest BCUT2D eigenvalue weighted by Gasteiger charge is -2.02. The van der Waals surface area contributed by atoms with Crippen molar-refractivity contribution in [2.45, 2.75) is 32.6 Å². The summed E-state index contributed by atoms with van der Waals surface area (Å²) in [6.45, 7) is 2.17. The molecule has 4 heteroatoms. The Morgan fingerprint density at radius 3 is 2.65 bits per heavy atom. The SMILES string of the molecule is CCCCCc1csc(-c2c(N)c(=O)c2=O)c1. The van der Waals surface area contributed by atoms with Crippen LogP contribution >= 0.6 is 11.3 Å². The Morgan fingerprint density at radius 1 is 1.24 bits per heavy atom. The molecule has 2 N–H and O–H groups in total. The van der Waals surface area contributed by atoms with Gasteiger partial charge < -0.3 is 5.73 Å². The first-order chi connectivity index (χ1) is 8.15. The minimum absolute atomic E-state index is 0.122. The molecule has 1 aromatic heterocycles. The lowest BCUT2D eigenvalue weighted by Crippen LogP contribution is -2.35. The number of hydrogen-bond donors (Lipinski definition) is 1. The third kappa shape index (κ3) is 2.17. The number of aryl methyl sites for hydroxylation is 1. The fourth-order valence-corrected chi connectivity index (χ4v) is 2.87. The highest BCUT2D eigenvalue weighted by Gasteiger charge is 2.20. The van der Waals surface area contributed by atoms with Gasteiger partial charge in [-0.25, -0.2) is 0 Å². The number of thiophene rings is 1. The van der Waals surface area contributed by atoms with Gasteiger partial charge in [0.15, 0.2) is 0 Å². The van der Waals surface area contributed by atoms with Crippen molar-refractivity contribution in [3.63, 3.8) is 0 Å². The number of unbranched alkanes of at least 4 members (excludes halogenated alkanes) is 2. The number of hydrogen-bond acceptors (Lipinski definition) is 4. The molecule has 2 rings (SSSR count). The minimum Gasteiger partial charge on any atom is -0.395 e. The van der Waals surface area contributed by atoms with Gasteiger partial charge in [0.1, 0.15) is 0 Å². The summed E-state index contributed by atoms with van der Waals surface area (Å²) >= 11 is 1.49. The van der Waals surface area contributed by atoms with E-state index in [-0.39, 0.29) is 5.69 Å². The molecular weight excluding hydrogens is 234 g/mol. The molecule has 0 aliphatic rings. The molecular formula is C13H15NO2S. The Bertz CT molecular complexity index is 591. The van der Waals surface area contributed by atoms with Crippen LogP contribution in [0.1, 0.15) is 31.7 Å². The second-order valence-electron chi connectivity index (χ2n) is 4.22. The van der Waals surface area contributed by atoms with Crippen molar-refractivity contribution in [3.05, 3.63) is 37.5 Å². The van der Waals surface area contributed by atoms with Crippen LogP contribution in [0.5, 0.6) is 0 Å². The average Bonchev–Trinajstić information content (AvgIpc) is 2.77. The summed E-state index contributed by atoms with van der Waals surface area (Å²) in [7, 11) is 0. The average molecular weight is 249 g/mol. The van der Waals surface area contributed by atoms with E-state index in [0.717, 1.165) is 17.7 Å². The molecule has 0 atom stereocenters. The summed E-state index contributed by atoms with van der Waals surface area (Å²) in [5, 5.41) is 2.04. The van der Waals surface area contributed by atoms with Gasteiger partial charge in [-0.05, 0) is 29.9 Å². The third-order valence-electron chi connectivity index (χ3n) is 2.92. The molecule has 1 aromatic carbocycles. The van der Waals surface area contributed by atoms with E-state index in [2.05, 4.69) is 6.92 Å². The summed E-state index contributed by atoms with van der Waals surface area (Å²) < 4.78 is 0. The highest BCUT2D eigenvalue weighted by atomic mass is 32.1. The van der Waals surface area contributed by atoms with E-state index in [9.17, 15) is 9.59 Å². The van der Waals surface area contributed by atoms with E-state index in [1.54, 1.807) is 0 Å². The van der Waals surface area contributed by atoms with E-state index >= 15 is 0 Å². The van der Waals surface area contributed by atoms with Gasteiger partial charge >= 0.3 is 0 Å². The van der Waals surface area contributed by atoms with Crippen molar-refractivity contribution in [1.82, 2.24) is 0 Å². The topological polar surface area (TPSA) is 60.2 Å². The monoisotopic (exact) mass is 249 g/mol. The first-order valence-corrected chi connectivity index (χ1v) is 6.69. The molecule has 90 valence electrons. The Hall–Kier alpha value is -1.42. The molecule has 17 heavy (non-hydrogen) atoms. The number of nitrogens with two attached hydrogens (primary N) is 1. The van der Waals surface area contributed by atoms with Crippen LogP contribution in [0.4, 0.5) is 5.69 Å². The zero-order valence-electron chi connectivity index (χ0n) is 9.79. The first kappa shape index (κ1) is 12.0. The fourth-order valence-electron chi connectivity index (χ4n) is 1.87. The molecule has 0 amide bonds. The maximum absolute atomic E-state index is 11.4. The molecule has 0 aliphatic carbocycles. The van der Waals surface area contributed by atoms with Crippen molar-refractivity contribution >= 4 is 17.0 Å². The molecule has 0 aliphatic heterocycles. The molecule has 3 nitrogen and oxygen atoms in total. The summed E-state index contributed by atoms with van der Waals surface area (Å²) in [6, 6.07) is 1.98. The predicted molar refractivity (Wildman–Crippen MR) is 72.3 cm³/mol. The summed E-state index contributed by atoms with van der Waals surface area (Å²) in [5.41, 5.74) is 6.32. The van der Waals surface area contributed by atoms with Crippen LogP contribution < -0.4 is 16.6 Å². The molecule has 0 radical (unpaired) electrons. The van der Waals surface area contributed by atoms with Crippen molar-refractivity contribution in [3.8, 4) is 10.4 Å². The molecule has 0 saturated carbocycles. The molecule has 0 spiro atoms. The van der Waals surface area contributed by atoms with Crippen molar-refractivity contribution < 1.29 is 0 Å². The number of nitrogen functional groups attached to an aromatic ring is 1.